The van der Waals surface area contributed by atoms with Crippen LogP contribution in [0.2, 0.25) is 0 Å². The van der Waals surface area contributed by atoms with E-state index in [9.17, 15) is 22.8 Å². The smallest absolute Gasteiger partial charge is 0.450 e. The second-order valence-corrected chi connectivity index (χ2v) is 6.58. The number of esters is 1. The van der Waals surface area contributed by atoms with Gasteiger partial charge in [-0.1, -0.05) is 30.3 Å². The first-order chi connectivity index (χ1) is 13.8. The summed E-state index contributed by atoms with van der Waals surface area (Å²) < 4.78 is 56.4. The molecule has 4 rings (SSSR count). The van der Waals surface area contributed by atoms with E-state index in [1.54, 1.807) is 6.07 Å². The lowest BCUT2D eigenvalue weighted by Gasteiger charge is -2.13. The van der Waals surface area contributed by atoms with Crippen LogP contribution in [0, 0.1) is 0 Å². The van der Waals surface area contributed by atoms with Crippen LogP contribution < -0.4 is 10.2 Å². The molecule has 1 unspecified atom stereocenters. The highest BCUT2D eigenvalue weighted by Crippen LogP contribution is 2.37. The Bertz CT molecular complexity index is 1110. The Morgan fingerprint density at radius 3 is 2.52 bits per heavy atom. The van der Waals surface area contributed by atoms with E-state index >= 15 is 0 Å². The van der Waals surface area contributed by atoms with Crippen LogP contribution in [0.15, 0.2) is 57.7 Å². The molecule has 1 aliphatic rings. The van der Waals surface area contributed by atoms with Crippen molar-refractivity contribution in [3.63, 3.8) is 0 Å². The molecule has 0 amide bonds. The summed E-state index contributed by atoms with van der Waals surface area (Å²) >= 11 is 0. The first kappa shape index (κ1) is 19.2. The fraction of sp³-hybridized carbons (Fsp3) is 0.238. The summed E-state index contributed by atoms with van der Waals surface area (Å²) in [6.45, 7) is 0.448. The normalized spacial score (nSPS) is 16.9. The quantitative estimate of drug-likeness (QED) is 0.473. The monoisotopic (exact) mass is 404 g/mol. The van der Waals surface area contributed by atoms with Gasteiger partial charge in [-0.25, -0.2) is 4.79 Å². The van der Waals surface area contributed by atoms with E-state index in [-0.39, 0.29) is 22.3 Å². The summed E-state index contributed by atoms with van der Waals surface area (Å²) in [5.74, 6) is -2.06. The number of rotatable bonds is 3. The number of carbonyl (C=O) groups excluding carboxylic acids is 1. The van der Waals surface area contributed by atoms with Crippen molar-refractivity contribution in [2.45, 2.75) is 25.1 Å². The van der Waals surface area contributed by atoms with Crippen molar-refractivity contribution in [3.8, 4) is 16.9 Å². The Kier molecular flexibility index (Phi) is 4.87. The Hall–Kier alpha value is -3.13. The molecule has 0 spiro atoms. The second kappa shape index (κ2) is 7.36. The van der Waals surface area contributed by atoms with E-state index in [1.807, 2.05) is 0 Å². The van der Waals surface area contributed by atoms with Gasteiger partial charge >= 0.3 is 12.1 Å². The Morgan fingerprint density at radius 2 is 1.86 bits per heavy atom. The summed E-state index contributed by atoms with van der Waals surface area (Å²) in [5.41, 5.74) is -1.60. The minimum absolute atomic E-state index is 0.0262. The van der Waals surface area contributed by atoms with Gasteiger partial charge in [0.25, 0.3) is 0 Å². The van der Waals surface area contributed by atoms with Crippen molar-refractivity contribution in [1.29, 1.82) is 0 Å². The molecule has 0 N–H and O–H groups in total. The van der Waals surface area contributed by atoms with Gasteiger partial charge in [-0.05, 0) is 30.5 Å². The number of alkyl halides is 3. The largest absolute Gasteiger partial charge is 0.450 e. The molecule has 3 aromatic rings. The molecule has 29 heavy (non-hydrogen) atoms. The lowest BCUT2D eigenvalue weighted by molar-refractivity contribution is -0.152. The van der Waals surface area contributed by atoms with Crippen LogP contribution in [0.5, 0.6) is 5.75 Å². The average molecular weight is 404 g/mol. The SMILES string of the molecule is O=C(Oc1ccc2c(=O)c(-c3ccccc3)c(C(F)(F)F)oc2c1)C1CCCO1. The van der Waals surface area contributed by atoms with Crippen LogP contribution in [-0.4, -0.2) is 18.7 Å². The molecule has 0 bridgehead atoms. The van der Waals surface area contributed by atoms with E-state index in [1.165, 1.54) is 36.4 Å². The summed E-state index contributed by atoms with van der Waals surface area (Å²) in [6, 6.07) is 11.2. The summed E-state index contributed by atoms with van der Waals surface area (Å²) in [5, 5.41) is -0.0474. The van der Waals surface area contributed by atoms with Crippen LogP contribution in [-0.2, 0) is 15.7 Å². The van der Waals surface area contributed by atoms with Crippen molar-refractivity contribution in [3.05, 3.63) is 64.5 Å². The number of hydrogen-bond acceptors (Lipinski definition) is 5. The van der Waals surface area contributed by atoms with Crippen molar-refractivity contribution < 1.29 is 31.9 Å². The van der Waals surface area contributed by atoms with Gasteiger partial charge in [-0.3, -0.25) is 4.79 Å². The maximum Gasteiger partial charge on any atom is 0.450 e. The molecule has 0 radical (unpaired) electrons. The molecular weight excluding hydrogens is 389 g/mol. The van der Waals surface area contributed by atoms with Crippen molar-refractivity contribution in [2.24, 2.45) is 0 Å². The Balaban J connectivity index is 1.81. The van der Waals surface area contributed by atoms with Crippen LogP contribution in [0.1, 0.15) is 18.6 Å². The maximum absolute atomic E-state index is 13.6. The third kappa shape index (κ3) is 3.75. The van der Waals surface area contributed by atoms with Gasteiger partial charge < -0.3 is 13.9 Å². The number of ether oxygens (including phenoxy) is 2. The van der Waals surface area contributed by atoms with Crippen LogP contribution in [0.25, 0.3) is 22.1 Å². The first-order valence-corrected chi connectivity index (χ1v) is 8.91. The number of benzene rings is 2. The molecule has 1 aliphatic heterocycles. The molecule has 1 fully saturated rings. The molecule has 1 atom stereocenters. The van der Waals surface area contributed by atoms with E-state index in [2.05, 4.69) is 0 Å². The highest BCUT2D eigenvalue weighted by atomic mass is 19.4. The Labute approximate surface area is 162 Å². The van der Waals surface area contributed by atoms with E-state index in [0.29, 0.717) is 13.0 Å². The number of carbonyl (C=O) groups is 1. The van der Waals surface area contributed by atoms with Gasteiger partial charge in [0.05, 0.1) is 10.9 Å². The van der Waals surface area contributed by atoms with Crippen molar-refractivity contribution >= 4 is 16.9 Å². The lowest BCUT2D eigenvalue weighted by atomic mass is 10.0. The zero-order valence-corrected chi connectivity index (χ0v) is 15.0. The fourth-order valence-corrected chi connectivity index (χ4v) is 3.25. The molecule has 2 heterocycles. The molecule has 2 aromatic carbocycles. The van der Waals surface area contributed by atoms with Gasteiger partial charge in [0.15, 0.2) is 6.10 Å². The third-order valence-corrected chi connectivity index (χ3v) is 4.59. The van der Waals surface area contributed by atoms with Crippen molar-refractivity contribution in [1.82, 2.24) is 0 Å². The van der Waals surface area contributed by atoms with Crippen LogP contribution in [0.4, 0.5) is 13.2 Å². The van der Waals surface area contributed by atoms with Gasteiger partial charge in [-0.2, -0.15) is 13.2 Å². The number of halogens is 3. The van der Waals surface area contributed by atoms with Gasteiger partial charge in [-0.15, -0.1) is 0 Å². The van der Waals surface area contributed by atoms with Crippen molar-refractivity contribution in [2.75, 3.05) is 6.61 Å². The zero-order valence-electron chi connectivity index (χ0n) is 15.0. The van der Waals surface area contributed by atoms with Gasteiger partial charge in [0.1, 0.15) is 11.3 Å². The van der Waals surface area contributed by atoms with Gasteiger partial charge in [0, 0.05) is 12.7 Å². The molecule has 150 valence electrons. The molecule has 8 heteroatoms. The van der Waals surface area contributed by atoms with E-state index in [0.717, 1.165) is 12.5 Å². The van der Waals surface area contributed by atoms with E-state index < -0.39 is 35.0 Å². The average Bonchev–Trinajstić information content (AvgIpc) is 3.23. The molecule has 5 nitrogen and oxygen atoms in total. The highest BCUT2D eigenvalue weighted by molar-refractivity contribution is 5.85. The second-order valence-electron chi connectivity index (χ2n) is 6.58. The topological polar surface area (TPSA) is 65.7 Å². The Morgan fingerprint density at radius 1 is 1.10 bits per heavy atom. The molecule has 0 aliphatic carbocycles. The first-order valence-electron chi connectivity index (χ1n) is 8.91. The van der Waals surface area contributed by atoms with Crippen LogP contribution in [0.3, 0.4) is 0 Å². The zero-order chi connectivity index (χ0) is 20.6. The lowest BCUT2D eigenvalue weighted by Crippen LogP contribution is -2.24. The summed E-state index contributed by atoms with van der Waals surface area (Å²) in [7, 11) is 0. The van der Waals surface area contributed by atoms with E-state index in [4.69, 9.17) is 13.9 Å². The molecule has 1 aromatic heterocycles. The standard InChI is InChI=1S/C21H15F3O5/c22-21(23,24)19-17(12-5-2-1-3-6-12)18(25)14-9-8-13(11-16(14)29-19)28-20(26)15-7-4-10-27-15/h1-3,5-6,8-9,11,15H,4,7,10H2. The molecule has 1 saturated heterocycles. The predicted molar refractivity (Wildman–Crippen MR) is 97.5 cm³/mol. The highest BCUT2D eigenvalue weighted by Gasteiger charge is 2.39. The molecular formula is C21H15F3O5. The van der Waals surface area contributed by atoms with Gasteiger partial charge in [0.2, 0.25) is 11.2 Å². The predicted octanol–water partition coefficient (Wildman–Crippen LogP) is 4.56. The fourth-order valence-electron chi connectivity index (χ4n) is 3.25. The summed E-state index contributed by atoms with van der Waals surface area (Å²) in [6.07, 6.45) is -4.35. The van der Waals surface area contributed by atoms with Crippen LogP contribution >= 0.6 is 0 Å². The number of hydrogen-bond donors (Lipinski definition) is 0. The third-order valence-electron chi connectivity index (χ3n) is 4.59. The maximum atomic E-state index is 13.6. The summed E-state index contributed by atoms with van der Waals surface area (Å²) in [4.78, 5) is 24.9. The molecule has 0 saturated carbocycles. The minimum atomic E-state index is -4.89. The minimum Gasteiger partial charge on any atom is -0.450 e. The number of fused-ring (bicyclic) bond motifs is 1.